The van der Waals surface area contributed by atoms with Crippen LogP contribution in [0.3, 0.4) is 0 Å². The van der Waals surface area contributed by atoms with Crippen molar-refractivity contribution in [1.29, 1.82) is 0 Å². The number of hydrogen-bond donors (Lipinski definition) is 0. The van der Waals surface area contributed by atoms with E-state index in [4.69, 9.17) is 23.2 Å². The van der Waals surface area contributed by atoms with E-state index in [-0.39, 0.29) is 10.3 Å². The maximum absolute atomic E-state index is 14.2. The Morgan fingerprint density at radius 3 is 2.64 bits per heavy atom. The van der Waals surface area contributed by atoms with Crippen LogP contribution in [0.4, 0.5) is 4.39 Å². The van der Waals surface area contributed by atoms with Crippen LogP contribution in [-0.2, 0) is 9.53 Å². The number of rotatable bonds is 3. The third kappa shape index (κ3) is 3.64. The molecule has 1 aromatic heterocycles. The third-order valence-corrected chi connectivity index (χ3v) is 3.46. The van der Waals surface area contributed by atoms with Gasteiger partial charge in [0.1, 0.15) is 16.1 Å². The van der Waals surface area contributed by atoms with Gasteiger partial charge in [0.25, 0.3) is 0 Å². The normalized spacial score (nSPS) is 11.0. The van der Waals surface area contributed by atoms with Crippen molar-refractivity contribution in [3.05, 3.63) is 57.6 Å². The topological polar surface area (TPSA) is 39.2 Å². The van der Waals surface area contributed by atoms with Gasteiger partial charge in [-0.15, -0.1) is 0 Å². The van der Waals surface area contributed by atoms with Gasteiger partial charge in [0.05, 0.1) is 7.11 Å². The molecule has 22 heavy (non-hydrogen) atoms. The number of pyridine rings is 1. The molecule has 0 spiro atoms. The maximum Gasteiger partial charge on any atom is 0.330 e. The molecule has 0 fully saturated rings. The number of hydrogen-bond acceptors (Lipinski definition) is 3. The summed E-state index contributed by atoms with van der Waals surface area (Å²) in [4.78, 5) is 15.2. The summed E-state index contributed by atoms with van der Waals surface area (Å²) in [5.41, 5.74) is 1.95. The Bertz CT molecular complexity index is 760. The summed E-state index contributed by atoms with van der Waals surface area (Å²) in [6.07, 6.45) is 2.61. The van der Waals surface area contributed by atoms with Gasteiger partial charge in [0.2, 0.25) is 0 Å². The standard InChI is InChI=1S/C16H12Cl2FNO2/c1-9-3-4-10(13(19)7-9)12-8-14(17)20-16(18)11(12)5-6-15(21)22-2/h3-8H,1-2H3/b6-5+. The highest BCUT2D eigenvalue weighted by molar-refractivity contribution is 6.34. The van der Waals surface area contributed by atoms with E-state index in [1.54, 1.807) is 19.1 Å². The van der Waals surface area contributed by atoms with E-state index in [9.17, 15) is 9.18 Å². The number of methoxy groups -OCH3 is 1. The molecule has 0 aliphatic carbocycles. The number of aromatic nitrogens is 1. The molecule has 0 aliphatic rings. The van der Waals surface area contributed by atoms with E-state index in [1.165, 1.54) is 31.4 Å². The fourth-order valence-electron chi connectivity index (χ4n) is 1.93. The molecule has 2 rings (SSSR count). The van der Waals surface area contributed by atoms with Gasteiger partial charge in [0, 0.05) is 17.2 Å². The zero-order chi connectivity index (χ0) is 16.3. The second kappa shape index (κ2) is 6.90. The first-order valence-corrected chi connectivity index (χ1v) is 7.06. The number of carbonyl (C=O) groups excluding carboxylic acids is 1. The van der Waals surface area contributed by atoms with Gasteiger partial charge in [-0.3, -0.25) is 0 Å². The van der Waals surface area contributed by atoms with Crippen LogP contribution in [0.1, 0.15) is 11.1 Å². The average molecular weight is 340 g/mol. The molecule has 1 heterocycles. The summed E-state index contributed by atoms with van der Waals surface area (Å²) in [5, 5.41) is 0.206. The number of aryl methyl sites for hydroxylation is 1. The van der Waals surface area contributed by atoms with Crippen molar-refractivity contribution in [2.45, 2.75) is 6.92 Å². The monoisotopic (exact) mass is 339 g/mol. The SMILES string of the molecule is COC(=O)/C=C/c1c(-c2ccc(C)cc2F)cc(Cl)nc1Cl. The summed E-state index contributed by atoms with van der Waals surface area (Å²) in [5.74, 6) is -0.965. The molecule has 0 bridgehead atoms. The minimum absolute atomic E-state index is 0.0719. The Labute approximate surface area is 137 Å². The molecule has 1 aromatic carbocycles. The van der Waals surface area contributed by atoms with Crippen molar-refractivity contribution < 1.29 is 13.9 Å². The molecule has 6 heteroatoms. The van der Waals surface area contributed by atoms with Gasteiger partial charge in [-0.05, 0) is 36.3 Å². The van der Waals surface area contributed by atoms with Crippen LogP contribution in [0.25, 0.3) is 17.2 Å². The van der Waals surface area contributed by atoms with Gasteiger partial charge in [-0.25, -0.2) is 14.2 Å². The van der Waals surface area contributed by atoms with Crippen molar-refractivity contribution in [3.8, 4) is 11.1 Å². The summed E-state index contributed by atoms with van der Waals surface area (Å²) in [6.45, 7) is 1.79. The lowest BCUT2D eigenvalue weighted by atomic mass is 9.99. The van der Waals surface area contributed by atoms with Crippen LogP contribution in [0, 0.1) is 12.7 Å². The highest BCUT2D eigenvalue weighted by Crippen LogP contribution is 2.33. The Balaban J connectivity index is 2.63. The van der Waals surface area contributed by atoms with Crippen LogP contribution >= 0.6 is 23.2 Å². The number of benzene rings is 1. The van der Waals surface area contributed by atoms with Gasteiger partial charge < -0.3 is 4.74 Å². The van der Waals surface area contributed by atoms with E-state index < -0.39 is 11.8 Å². The lowest BCUT2D eigenvalue weighted by Crippen LogP contribution is -1.96. The molecular formula is C16H12Cl2FNO2. The summed E-state index contributed by atoms with van der Waals surface area (Å²) >= 11 is 12.0. The fraction of sp³-hybridized carbons (Fsp3) is 0.125. The molecular weight excluding hydrogens is 328 g/mol. The lowest BCUT2D eigenvalue weighted by molar-refractivity contribution is -0.134. The lowest BCUT2D eigenvalue weighted by Gasteiger charge is -2.10. The van der Waals surface area contributed by atoms with Crippen LogP contribution in [0.2, 0.25) is 10.3 Å². The number of ether oxygens (including phenoxy) is 1. The van der Waals surface area contributed by atoms with Crippen molar-refractivity contribution in [2.24, 2.45) is 0 Å². The number of halogens is 3. The van der Waals surface area contributed by atoms with Crippen molar-refractivity contribution in [3.63, 3.8) is 0 Å². The van der Waals surface area contributed by atoms with E-state index in [1.807, 2.05) is 0 Å². The van der Waals surface area contributed by atoms with E-state index in [0.29, 0.717) is 16.7 Å². The van der Waals surface area contributed by atoms with Gasteiger partial charge in [-0.2, -0.15) is 0 Å². The predicted molar refractivity (Wildman–Crippen MR) is 85.4 cm³/mol. The number of nitrogens with zero attached hydrogens (tertiary/aromatic N) is 1. The van der Waals surface area contributed by atoms with Crippen LogP contribution in [0.5, 0.6) is 0 Å². The van der Waals surface area contributed by atoms with Crippen LogP contribution < -0.4 is 0 Å². The number of carbonyl (C=O) groups is 1. The first-order chi connectivity index (χ1) is 10.4. The van der Waals surface area contributed by atoms with Crippen molar-refractivity contribution >= 4 is 35.2 Å². The van der Waals surface area contributed by atoms with Crippen molar-refractivity contribution in [2.75, 3.05) is 7.11 Å². The highest BCUT2D eigenvalue weighted by atomic mass is 35.5. The largest absolute Gasteiger partial charge is 0.466 e. The van der Waals surface area contributed by atoms with E-state index >= 15 is 0 Å². The molecule has 0 saturated carbocycles. The molecule has 0 N–H and O–H groups in total. The second-order valence-corrected chi connectivity index (χ2v) is 5.28. The Morgan fingerprint density at radius 2 is 2.00 bits per heavy atom. The third-order valence-electron chi connectivity index (χ3n) is 2.98. The zero-order valence-corrected chi connectivity index (χ0v) is 13.4. The maximum atomic E-state index is 14.2. The van der Waals surface area contributed by atoms with Gasteiger partial charge >= 0.3 is 5.97 Å². The summed E-state index contributed by atoms with van der Waals surface area (Å²) < 4.78 is 18.8. The average Bonchev–Trinajstić information content (AvgIpc) is 2.45. The minimum atomic E-state index is -0.554. The number of esters is 1. The molecule has 0 unspecified atom stereocenters. The first kappa shape index (κ1) is 16.5. The smallest absolute Gasteiger partial charge is 0.330 e. The fourth-order valence-corrected chi connectivity index (χ4v) is 2.43. The van der Waals surface area contributed by atoms with E-state index in [2.05, 4.69) is 9.72 Å². The van der Waals surface area contributed by atoms with Crippen LogP contribution in [-0.4, -0.2) is 18.1 Å². The molecule has 3 nitrogen and oxygen atoms in total. The van der Waals surface area contributed by atoms with Gasteiger partial charge in [-0.1, -0.05) is 35.3 Å². The molecule has 0 aliphatic heterocycles. The van der Waals surface area contributed by atoms with Crippen molar-refractivity contribution in [1.82, 2.24) is 4.98 Å². The molecule has 114 valence electrons. The highest BCUT2D eigenvalue weighted by Gasteiger charge is 2.14. The Kier molecular flexibility index (Phi) is 5.16. The second-order valence-electron chi connectivity index (χ2n) is 4.54. The Morgan fingerprint density at radius 1 is 1.27 bits per heavy atom. The summed E-state index contributed by atoms with van der Waals surface area (Å²) in [7, 11) is 1.26. The van der Waals surface area contributed by atoms with Gasteiger partial charge in [0.15, 0.2) is 0 Å². The minimum Gasteiger partial charge on any atom is -0.466 e. The molecule has 2 aromatic rings. The molecule has 0 atom stereocenters. The van der Waals surface area contributed by atoms with E-state index in [0.717, 1.165) is 5.56 Å². The Hall–Kier alpha value is -1.91. The first-order valence-electron chi connectivity index (χ1n) is 6.31. The predicted octanol–water partition coefficient (Wildman–Crippen LogP) is 4.69. The summed E-state index contributed by atoms with van der Waals surface area (Å²) in [6, 6.07) is 6.31. The quantitative estimate of drug-likeness (QED) is 0.462. The molecule has 0 saturated heterocycles. The zero-order valence-electron chi connectivity index (χ0n) is 11.9. The van der Waals surface area contributed by atoms with Crippen LogP contribution in [0.15, 0.2) is 30.3 Å². The molecule has 0 amide bonds. The molecule has 0 radical (unpaired) electrons.